The molecule has 0 bridgehead atoms. The summed E-state index contributed by atoms with van der Waals surface area (Å²) in [6.07, 6.45) is 0.507. The molecular weight excluding hydrogens is 250 g/mol. The van der Waals surface area contributed by atoms with Crippen molar-refractivity contribution < 1.29 is 14.3 Å². The number of anilines is 1. The van der Waals surface area contributed by atoms with Crippen molar-refractivity contribution in [1.82, 2.24) is 0 Å². The van der Waals surface area contributed by atoms with Crippen molar-refractivity contribution in [2.75, 3.05) is 23.9 Å². The second kappa shape index (κ2) is 7.76. The van der Waals surface area contributed by atoms with Crippen LogP contribution in [0.2, 0.25) is 0 Å². The van der Waals surface area contributed by atoms with Gasteiger partial charge < -0.3 is 10.1 Å². The zero-order valence-electron chi connectivity index (χ0n) is 10.6. The predicted octanol–water partition coefficient (Wildman–Crippen LogP) is 2.35. The summed E-state index contributed by atoms with van der Waals surface area (Å²) in [6, 6.07) is 7.26. The third kappa shape index (κ3) is 5.23. The fraction of sp³-hybridized carbons (Fsp3) is 0.385. The first kappa shape index (κ1) is 14.6. The lowest BCUT2D eigenvalue weighted by molar-refractivity contribution is -0.116. The lowest BCUT2D eigenvalue weighted by Gasteiger charge is -2.09. The normalized spacial score (nSPS) is 9.89. The predicted molar refractivity (Wildman–Crippen MR) is 74.2 cm³/mol. The van der Waals surface area contributed by atoms with Gasteiger partial charge in [0.2, 0.25) is 5.91 Å². The van der Waals surface area contributed by atoms with Crippen LogP contribution in [-0.2, 0) is 9.59 Å². The fourth-order valence-electron chi connectivity index (χ4n) is 1.31. The topological polar surface area (TPSA) is 55.4 Å². The van der Waals surface area contributed by atoms with Crippen LogP contribution < -0.4 is 10.1 Å². The molecule has 0 unspecified atom stereocenters. The molecule has 1 amide bonds. The van der Waals surface area contributed by atoms with Crippen molar-refractivity contribution in [2.45, 2.75) is 13.3 Å². The average molecular weight is 267 g/mol. The van der Waals surface area contributed by atoms with Gasteiger partial charge in [-0.2, -0.15) is 11.8 Å². The minimum Gasteiger partial charge on any atom is -0.495 e. The Bertz CT molecular complexity index is 420. The molecule has 0 spiro atoms. The Kier molecular flexibility index (Phi) is 6.28. The van der Waals surface area contributed by atoms with Crippen LogP contribution in [0.15, 0.2) is 24.3 Å². The first-order chi connectivity index (χ1) is 8.63. The third-order valence-electron chi connectivity index (χ3n) is 2.21. The number of Topliss-reactive ketones (excluding diaryl/α,β-unsaturated/α-hetero) is 1. The van der Waals surface area contributed by atoms with Gasteiger partial charge in [-0.1, -0.05) is 12.1 Å². The van der Waals surface area contributed by atoms with E-state index in [2.05, 4.69) is 5.32 Å². The lowest BCUT2D eigenvalue weighted by atomic mass is 10.3. The standard InChI is InChI=1S/C13H17NO3S/c1-10(15)7-8-18-9-13(16)14-11-5-3-4-6-12(11)17-2/h3-6H,7-9H2,1-2H3,(H,14,16). The summed E-state index contributed by atoms with van der Waals surface area (Å²) in [5.74, 6) is 1.71. The first-order valence-electron chi connectivity index (χ1n) is 5.63. The quantitative estimate of drug-likeness (QED) is 0.770. The Balaban J connectivity index is 2.37. The number of thioether (sulfide) groups is 1. The van der Waals surface area contributed by atoms with Crippen LogP contribution in [-0.4, -0.2) is 30.3 Å². The van der Waals surface area contributed by atoms with Crippen molar-refractivity contribution in [3.63, 3.8) is 0 Å². The van der Waals surface area contributed by atoms with Crippen molar-refractivity contribution in [2.24, 2.45) is 0 Å². The fourth-order valence-corrected chi connectivity index (χ4v) is 2.15. The summed E-state index contributed by atoms with van der Waals surface area (Å²) in [5.41, 5.74) is 0.664. The van der Waals surface area contributed by atoms with Gasteiger partial charge in [0.1, 0.15) is 11.5 Å². The van der Waals surface area contributed by atoms with Crippen LogP contribution in [0.5, 0.6) is 5.75 Å². The van der Waals surface area contributed by atoms with Crippen LogP contribution in [0.3, 0.4) is 0 Å². The van der Waals surface area contributed by atoms with Gasteiger partial charge >= 0.3 is 0 Å². The molecule has 0 atom stereocenters. The number of amides is 1. The number of carbonyl (C=O) groups is 2. The minimum absolute atomic E-state index is 0.0898. The molecule has 1 aromatic carbocycles. The highest BCUT2D eigenvalue weighted by Crippen LogP contribution is 2.23. The zero-order valence-corrected chi connectivity index (χ0v) is 11.4. The highest BCUT2D eigenvalue weighted by Gasteiger charge is 2.06. The molecule has 1 N–H and O–H groups in total. The SMILES string of the molecule is COc1ccccc1NC(=O)CSCCC(C)=O. The maximum Gasteiger partial charge on any atom is 0.234 e. The monoisotopic (exact) mass is 267 g/mol. The van der Waals surface area contributed by atoms with Crippen LogP contribution in [0.4, 0.5) is 5.69 Å². The Labute approximate surface area is 111 Å². The second-order valence-electron chi connectivity index (χ2n) is 3.75. The highest BCUT2D eigenvalue weighted by atomic mass is 32.2. The summed E-state index contributed by atoms with van der Waals surface area (Å²) < 4.78 is 5.14. The smallest absolute Gasteiger partial charge is 0.234 e. The number of rotatable bonds is 7. The minimum atomic E-state index is -0.0898. The van der Waals surface area contributed by atoms with Gasteiger partial charge in [0, 0.05) is 12.2 Å². The number of para-hydroxylation sites is 2. The zero-order chi connectivity index (χ0) is 13.4. The number of ketones is 1. The molecule has 1 aromatic rings. The van der Waals surface area contributed by atoms with E-state index in [1.54, 1.807) is 26.2 Å². The van der Waals surface area contributed by atoms with Gasteiger partial charge in [-0.25, -0.2) is 0 Å². The number of hydrogen-bond donors (Lipinski definition) is 1. The van der Waals surface area contributed by atoms with Crippen LogP contribution >= 0.6 is 11.8 Å². The first-order valence-corrected chi connectivity index (χ1v) is 6.79. The molecular formula is C13H17NO3S. The molecule has 0 radical (unpaired) electrons. The molecule has 18 heavy (non-hydrogen) atoms. The third-order valence-corrected chi connectivity index (χ3v) is 3.17. The summed E-state index contributed by atoms with van der Waals surface area (Å²) in [7, 11) is 1.56. The number of hydrogen-bond acceptors (Lipinski definition) is 4. The molecule has 0 saturated heterocycles. The Morgan fingerprint density at radius 3 is 2.72 bits per heavy atom. The number of methoxy groups -OCH3 is 1. The molecule has 0 fully saturated rings. The van der Waals surface area contributed by atoms with Gasteiger partial charge in [-0.05, 0) is 19.1 Å². The summed E-state index contributed by atoms with van der Waals surface area (Å²) in [5, 5.41) is 2.78. The molecule has 0 aliphatic heterocycles. The Hall–Kier alpha value is -1.49. The molecule has 0 saturated carbocycles. The number of ether oxygens (including phenoxy) is 1. The molecule has 0 heterocycles. The van der Waals surface area contributed by atoms with Crippen molar-refractivity contribution in [3.8, 4) is 5.75 Å². The maximum atomic E-state index is 11.7. The maximum absolute atomic E-state index is 11.7. The molecule has 5 heteroatoms. The van der Waals surface area contributed by atoms with E-state index in [4.69, 9.17) is 4.74 Å². The molecule has 0 aliphatic rings. The van der Waals surface area contributed by atoms with Crippen LogP contribution in [0.1, 0.15) is 13.3 Å². The van der Waals surface area contributed by atoms with E-state index in [0.717, 1.165) is 0 Å². The number of carbonyl (C=O) groups excluding carboxylic acids is 2. The Morgan fingerprint density at radius 2 is 2.06 bits per heavy atom. The highest BCUT2D eigenvalue weighted by molar-refractivity contribution is 7.99. The van der Waals surface area contributed by atoms with E-state index in [-0.39, 0.29) is 11.7 Å². The van der Waals surface area contributed by atoms with Gasteiger partial charge in [0.05, 0.1) is 18.6 Å². The summed E-state index contributed by atoms with van der Waals surface area (Å²) in [4.78, 5) is 22.4. The van der Waals surface area contributed by atoms with E-state index in [1.165, 1.54) is 11.8 Å². The molecule has 4 nitrogen and oxygen atoms in total. The summed E-state index contributed by atoms with van der Waals surface area (Å²) in [6.45, 7) is 1.55. The van der Waals surface area contributed by atoms with E-state index in [1.807, 2.05) is 12.1 Å². The number of benzene rings is 1. The Morgan fingerprint density at radius 1 is 1.33 bits per heavy atom. The van der Waals surface area contributed by atoms with Crippen LogP contribution in [0.25, 0.3) is 0 Å². The summed E-state index contributed by atoms with van der Waals surface area (Å²) >= 11 is 1.45. The molecule has 0 aliphatic carbocycles. The van der Waals surface area contributed by atoms with Crippen molar-refractivity contribution in [1.29, 1.82) is 0 Å². The van der Waals surface area contributed by atoms with E-state index < -0.39 is 0 Å². The van der Waals surface area contributed by atoms with E-state index >= 15 is 0 Å². The van der Waals surface area contributed by atoms with Gasteiger partial charge in [0.25, 0.3) is 0 Å². The molecule has 1 rings (SSSR count). The van der Waals surface area contributed by atoms with Gasteiger partial charge in [-0.3, -0.25) is 9.59 Å². The largest absolute Gasteiger partial charge is 0.495 e. The van der Waals surface area contributed by atoms with E-state index in [9.17, 15) is 9.59 Å². The molecule has 98 valence electrons. The average Bonchev–Trinajstić information content (AvgIpc) is 2.35. The van der Waals surface area contributed by atoms with Gasteiger partial charge in [0.15, 0.2) is 0 Å². The number of nitrogens with one attached hydrogen (secondary N) is 1. The van der Waals surface area contributed by atoms with Crippen molar-refractivity contribution in [3.05, 3.63) is 24.3 Å². The van der Waals surface area contributed by atoms with Crippen LogP contribution in [0, 0.1) is 0 Å². The van der Waals surface area contributed by atoms with Crippen molar-refractivity contribution >= 4 is 29.1 Å². The van der Waals surface area contributed by atoms with Gasteiger partial charge in [-0.15, -0.1) is 0 Å². The van der Waals surface area contributed by atoms with E-state index in [0.29, 0.717) is 29.4 Å². The lowest BCUT2D eigenvalue weighted by Crippen LogP contribution is -2.15. The second-order valence-corrected chi connectivity index (χ2v) is 4.86. The molecule has 0 aromatic heterocycles.